The molecule has 0 fully saturated rings. The number of benzene rings is 2. The van der Waals surface area contributed by atoms with E-state index in [1.165, 1.54) is 29.2 Å². The predicted octanol–water partition coefficient (Wildman–Crippen LogP) is 2.61. The summed E-state index contributed by atoms with van der Waals surface area (Å²) in [6.07, 6.45) is 0. The maximum absolute atomic E-state index is 12.5. The quantitative estimate of drug-likeness (QED) is 0.745. The Labute approximate surface area is 148 Å². The Hall–Kier alpha value is -2.58. The summed E-state index contributed by atoms with van der Waals surface area (Å²) < 4.78 is 28.7. The Morgan fingerprint density at radius 2 is 1.80 bits per heavy atom. The van der Waals surface area contributed by atoms with Crippen molar-refractivity contribution in [2.45, 2.75) is 11.4 Å². The van der Waals surface area contributed by atoms with E-state index in [-0.39, 0.29) is 4.90 Å². The molecule has 128 valence electrons. The summed E-state index contributed by atoms with van der Waals surface area (Å²) in [4.78, 5) is 18.2. The minimum atomic E-state index is -3.98. The molecule has 0 spiro atoms. The van der Waals surface area contributed by atoms with Crippen molar-refractivity contribution in [1.82, 2.24) is 14.3 Å². The van der Waals surface area contributed by atoms with Crippen molar-refractivity contribution in [3.05, 3.63) is 53.6 Å². The molecule has 0 aliphatic carbocycles. The molecule has 2 heterocycles. The third-order valence-corrected chi connectivity index (χ3v) is 5.60. The summed E-state index contributed by atoms with van der Waals surface area (Å²) in [5, 5.41) is 0.415. The van der Waals surface area contributed by atoms with Gasteiger partial charge in [0, 0.05) is 18.1 Å². The summed E-state index contributed by atoms with van der Waals surface area (Å²) in [7, 11) is -3.98. The number of nitrogens with zero attached hydrogens (tertiary/aromatic N) is 3. The highest BCUT2D eigenvalue weighted by atomic mass is 35.5. The van der Waals surface area contributed by atoms with E-state index in [4.69, 9.17) is 11.6 Å². The van der Waals surface area contributed by atoms with Gasteiger partial charge in [0.2, 0.25) is 5.95 Å². The van der Waals surface area contributed by atoms with Gasteiger partial charge in [0.05, 0.1) is 15.9 Å². The number of para-hydroxylation sites is 2. The van der Waals surface area contributed by atoms with Crippen LogP contribution in [-0.2, 0) is 16.6 Å². The van der Waals surface area contributed by atoms with Crippen LogP contribution in [0.4, 0.5) is 10.7 Å². The molecule has 9 heteroatoms. The topological polar surface area (TPSA) is 84.3 Å². The number of fused-ring (bicyclic) bond motifs is 3. The lowest BCUT2D eigenvalue weighted by Crippen LogP contribution is -2.42. The van der Waals surface area contributed by atoms with Gasteiger partial charge in [-0.1, -0.05) is 23.7 Å². The maximum atomic E-state index is 12.5. The lowest BCUT2D eigenvalue weighted by Gasteiger charge is -2.15. The molecule has 3 aromatic rings. The molecule has 1 aromatic heterocycles. The lowest BCUT2D eigenvalue weighted by atomic mass is 10.3. The van der Waals surface area contributed by atoms with Gasteiger partial charge in [-0.05, 0) is 36.4 Å². The van der Waals surface area contributed by atoms with E-state index in [1.807, 2.05) is 28.8 Å². The van der Waals surface area contributed by atoms with Gasteiger partial charge in [0.15, 0.2) is 0 Å². The molecular formula is C16H13ClN4O3S. The highest BCUT2D eigenvalue weighted by Crippen LogP contribution is 2.27. The highest BCUT2D eigenvalue weighted by Gasteiger charge is 2.31. The van der Waals surface area contributed by atoms with Crippen LogP contribution in [-0.4, -0.2) is 30.5 Å². The molecule has 0 radical (unpaired) electrons. The van der Waals surface area contributed by atoms with E-state index >= 15 is 0 Å². The van der Waals surface area contributed by atoms with E-state index < -0.39 is 16.1 Å². The zero-order valence-corrected chi connectivity index (χ0v) is 14.5. The molecule has 0 atom stereocenters. The van der Waals surface area contributed by atoms with Crippen LogP contribution < -0.4 is 9.62 Å². The number of carbonyl (C=O) groups excluding carboxylic acids is 1. The third-order valence-electron chi connectivity index (χ3n) is 4.01. The molecule has 1 aliphatic rings. The van der Waals surface area contributed by atoms with Crippen molar-refractivity contribution < 1.29 is 13.2 Å². The van der Waals surface area contributed by atoms with E-state index in [0.29, 0.717) is 24.1 Å². The molecule has 0 unspecified atom stereocenters. The SMILES string of the molecule is O=C(NS(=O)(=O)c1ccc(Cl)cc1)N1CCn2c1nc1ccccc12. The lowest BCUT2D eigenvalue weighted by molar-refractivity contribution is 0.251. The van der Waals surface area contributed by atoms with E-state index in [1.54, 1.807) is 0 Å². The molecule has 4 rings (SSSR count). The molecule has 0 saturated carbocycles. The second-order valence-electron chi connectivity index (χ2n) is 5.57. The van der Waals surface area contributed by atoms with Crippen molar-refractivity contribution in [3.63, 3.8) is 0 Å². The Morgan fingerprint density at radius 1 is 1.08 bits per heavy atom. The summed E-state index contributed by atoms with van der Waals surface area (Å²) >= 11 is 5.76. The number of hydrogen-bond donors (Lipinski definition) is 1. The number of anilines is 1. The number of sulfonamides is 1. The Balaban J connectivity index is 1.62. The number of carbonyl (C=O) groups is 1. The molecule has 1 aliphatic heterocycles. The van der Waals surface area contributed by atoms with Crippen molar-refractivity contribution >= 4 is 44.6 Å². The second-order valence-corrected chi connectivity index (χ2v) is 7.69. The third kappa shape index (κ3) is 2.73. The van der Waals surface area contributed by atoms with Crippen LogP contribution in [0.1, 0.15) is 0 Å². The fourth-order valence-corrected chi connectivity index (χ4v) is 3.90. The van der Waals surface area contributed by atoms with Gasteiger partial charge in [-0.3, -0.25) is 4.90 Å². The maximum Gasteiger partial charge on any atom is 0.338 e. The number of hydrogen-bond acceptors (Lipinski definition) is 4. The minimum absolute atomic E-state index is 0.0297. The Bertz CT molecular complexity index is 1080. The van der Waals surface area contributed by atoms with Crippen LogP contribution in [0.15, 0.2) is 53.4 Å². The average molecular weight is 377 g/mol. The second kappa shape index (κ2) is 5.75. The van der Waals surface area contributed by atoms with E-state index in [9.17, 15) is 13.2 Å². The summed E-state index contributed by atoms with van der Waals surface area (Å²) in [5.74, 6) is 0.435. The normalized spacial score (nSPS) is 13.9. The Morgan fingerprint density at radius 3 is 2.56 bits per heavy atom. The zero-order valence-electron chi connectivity index (χ0n) is 12.9. The first-order chi connectivity index (χ1) is 12.0. The van der Waals surface area contributed by atoms with Crippen molar-refractivity contribution in [2.75, 3.05) is 11.4 Å². The largest absolute Gasteiger partial charge is 0.338 e. The minimum Gasteiger partial charge on any atom is -0.308 e. The van der Waals surface area contributed by atoms with Crippen molar-refractivity contribution in [3.8, 4) is 0 Å². The average Bonchev–Trinajstić information content (AvgIpc) is 3.13. The molecule has 2 aromatic carbocycles. The van der Waals surface area contributed by atoms with Crippen LogP contribution in [0, 0.1) is 0 Å². The fourth-order valence-electron chi connectivity index (χ4n) is 2.82. The number of nitrogens with one attached hydrogen (secondary N) is 1. The highest BCUT2D eigenvalue weighted by molar-refractivity contribution is 7.90. The summed E-state index contributed by atoms with van der Waals surface area (Å²) in [6.45, 7) is 0.916. The van der Waals surface area contributed by atoms with Gasteiger partial charge in [-0.25, -0.2) is 22.9 Å². The molecule has 2 amide bonds. The smallest absolute Gasteiger partial charge is 0.308 e. The van der Waals surface area contributed by atoms with E-state index in [0.717, 1.165) is 11.0 Å². The van der Waals surface area contributed by atoms with Gasteiger partial charge >= 0.3 is 6.03 Å². The number of rotatable bonds is 2. The molecule has 0 saturated heterocycles. The van der Waals surface area contributed by atoms with Crippen LogP contribution in [0.25, 0.3) is 11.0 Å². The first-order valence-electron chi connectivity index (χ1n) is 7.51. The predicted molar refractivity (Wildman–Crippen MR) is 94.2 cm³/mol. The molecule has 1 N–H and O–H groups in total. The number of urea groups is 1. The number of halogens is 1. The summed E-state index contributed by atoms with van der Waals surface area (Å²) in [6, 6.07) is 12.4. The fraction of sp³-hybridized carbons (Fsp3) is 0.125. The number of imidazole rings is 1. The monoisotopic (exact) mass is 376 g/mol. The molecule has 25 heavy (non-hydrogen) atoms. The van der Waals surface area contributed by atoms with E-state index in [2.05, 4.69) is 9.71 Å². The standard InChI is InChI=1S/C16H13ClN4O3S/c17-11-5-7-12(8-6-11)25(23,24)19-16(22)21-10-9-20-14-4-2-1-3-13(14)18-15(20)21/h1-8H,9-10H2,(H,19,22). The van der Waals surface area contributed by atoms with Gasteiger partial charge in [0.25, 0.3) is 10.0 Å². The van der Waals surface area contributed by atoms with Crippen LogP contribution >= 0.6 is 11.6 Å². The van der Waals surface area contributed by atoms with Crippen molar-refractivity contribution in [1.29, 1.82) is 0 Å². The van der Waals surface area contributed by atoms with Gasteiger partial charge in [-0.15, -0.1) is 0 Å². The van der Waals surface area contributed by atoms with Crippen molar-refractivity contribution in [2.24, 2.45) is 0 Å². The Kier molecular flexibility index (Phi) is 3.66. The van der Waals surface area contributed by atoms with Gasteiger partial charge in [0.1, 0.15) is 0 Å². The van der Waals surface area contributed by atoms with Crippen LogP contribution in [0.2, 0.25) is 5.02 Å². The van der Waals surface area contributed by atoms with Crippen LogP contribution in [0.3, 0.4) is 0 Å². The van der Waals surface area contributed by atoms with Gasteiger partial charge < -0.3 is 4.57 Å². The summed E-state index contributed by atoms with van der Waals surface area (Å²) in [5.41, 5.74) is 1.67. The molecular weight excluding hydrogens is 364 g/mol. The first kappa shape index (κ1) is 15.9. The zero-order chi connectivity index (χ0) is 17.6. The molecule has 7 nitrogen and oxygen atoms in total. The molecule has 0 bridgehead atoms. The van der Waals surface area contributed by atoms with Crippen LogP contribution in [0.5, 0.6) is 0 Å². The first-order valence-corrected chi connectivity index (χ1v) is 9.37. The number of aromatic nitrogens is 2. The number of amides is 2. The van der Waals surface area contributed by atoms with Gasteiger partial charge in [-0.2, -0.15) is 0 Å².